The number of benzene rings is 1. The van der Waals surface area contributed by atoms with Crippen LogP contribution in [0.2, 0.25) is 5.02 Å². The van der Waals surface area contributed by atoms with E-state index in [9.17, 15) is 9.18 Å². The first-order valence-corrected chi connectivity index (χ1v) is 6.95. The van der Waals surface area contributed by atoms with E-state index < -0.39 is 11.7 Å². The van der Waals surface area contributed by atoms with E-state index in [4.69, 9.17) is 11.6 Å². The summed E-state index contributed by atoms with van der Waals surface area (Å²) >= 11 is 9.11. The molecule has 1 aromatic carbocycles. The number of rotatable bonds is 6. The molecule has 0 saturated carbocycles. The average Bonchev–Trinajstić information content (AvgIpc) is 2.28. The molecule has 0 spiro atoms. The van der Waals surface area contributed by atoms with Gasteiger partial charge >= 0.3 is 0 Å². The number of hydrogen-bond acceptors (Lipinski definition) is 1. The number of amides is 1. The minimum atomic E-state index is -0.588. The summed E-state index contributed by atoms with van der Waals surface area (Å²) in [6, 6.07) is 4.21. The number of carbonyl (C=O) groups is 1. The summed E-state index contributed by atoms with van der Waals surface area (Å²) < 4.78 is 13.4. The lowest BCUT2D eigenvalue weighted by Gasteiger charge is -2.07. The minimum Gasteiger partial charge on any atom is -0.352 e. The SMILES string of the molecule is O=C(NCCCCCBr)c1c(F)cccc1Cl. The number of unbranched alkanes of at least 4 members (excludes halogenated alkanes) is 2. The van der Waals surface area contributed by atoms with Gasteiger partial charge in [-0.3, -0.25) is 4.79 Å². The minimum absolute atomic E-state index is 0.0744. The molecule has 94 valence electrons. The Morgan fingerprint density at radius 3 is 2.76 bits per heavy atom. The fraction of sp³-hybridized carbons (Fsp3) is 0.417. The van der Waals surface area contributed by atoms with E-state index in [1.54, 1.807) is 0 Å². The summed E-state index contributed by atoms with van der Waals surface area (Å²) in [7, 11) is 0. The van der Waals surface area contributed by atoms with Crippen LogP contribution in [-0.2, 0) is 0 Å². The van der Waals surface area contributed by atoms with Crippen LogP contribution in [0.15, 0.2) is 18.2 Å². The van der Waals surface area contributed by atoms with Gasteiger partial charge in [-0.1, -0.05) is 40.0 Å². The second-order valence-electron chi connectivity index (χ2n) is 3.60. The summed E-state index contributed by atoms with van der Waals surface area (Å²) in [5.41, 5.74) is -0.0744. The molecule has 0 atom stereocenters. The molecule has 1 N–H and O–H groups in total. The maximum absolute atomic E-state index is 13.4. The van der Waals surface area contributed by atoms with Gasteiger partial charge in [0.1, 0.15) is 5.82 Å². The molecule has 0 fully saturated rings. The normalized spacial score (nSPS) is 10.3. The van der Waals surface area contributed by atoms with Crippen molar-refractivity contribution in [3.63, 3.8) is 0 Å². The molecule has 0 aliphatic heterocycles. The molecule has 0 heterocycles. The predicted octanol–water partition coefficient (Wildman–Crippen LogP) is 3.77. The molecule has 1 amide bonds. The molecule has 1 rings (SSSR count). The number of halogens is 3. The zero-order valence-corrected chi connectivity index (χ0v) is 11.7. The van der Waals surface area contributed by atoms with Crippen molar-refractivity contribution in [1.82, 2.24) is 5.32 Å². The fourth-order valence-corrected chi connectivity index (χ4v) is 2.05. The summed E-state index contributed by atoms with van der Waals surface area (Å²) in [5, 5.41) is 3.76. The molecule has 1 aromatic rings. The Morgan fingerprint density at radius 1 is 1.35 bits per heavy atom. The highest BCUT2D eigenvalue weighted by Gasteiger charge is 2.14. The predicted molar refractivity (Wildman–Crippen MR) is 71.4 cm³/mol. The van der Waals surface area contributed by atoms with Gasteiger partial charge in [0.15, 0.2) is 0 Å². The maximum Gasteiger partial charge on any atom is 0.255 e. The Bertz CT molecular complexity index is 367. The summed E-state index contributed by atoms with van der Waals surface area (Å²) in [6.45, 7) is 0.538. The van der Waals surface area contributed by atoms with E-state index in [0.717, 1.165) is 24.6 Å². The van der Waals surface area contributed by atoms with Gasteiger partial charge in [-0.2, -0.15) is 0 Å². The van der Waals surface area contributed by atoms with Crippen molar-refractivity contribution in [2.45, 2.75) is 19.3 Å². The van der Waals surface area contributed by atoms with Crippen molar-refractivity contribution in [1.29, 1.82) is 0 Å². The van der Waals surface area contributed by atoms with Crippen molar-refractivity contribution < 1.29 is 9.18 Å². The quantitative estimate of drug-likeness (QED) is 0.627. The van der Waals surface area contributed by atoms with E-state index in [0.29, 0.717) is 6.54 Å². The Balaban J connectivity index is 2.47. The van der Waals surface area contributed by atoms with Gasteiger partial charge < -0.3 is 5.32 Å². The van der Waals surface area contributed by atoms with E-state index in [1.165, 1.54) is 18.2 Å². The monoisotopic (exact) mass is 321 g/mol. The highest BCUT2D eigenvalue weighted by atomic mass is 79.9. The van der Waals surface area contributed by atoms with Gasteiger partial charge in [0.05, 0.1) is 10.6 Å². The Labute approximate surface area is 114 Å². The second-order valence-corrected chi connectivity index (χ2v) is 4.80. The lowest BCUT2D eigenvalue weighted by Crippen LogP contribution is -2.25. The molecule has 0 saturated heterocycles. The highest BCUT2D eigenvalue weighted by Crippen LogP contribution is 2.18. The molecule has 0 unspecified atom stereocenters. The molecule has 0 aliphatic carbocycles. The van der Waals surface area contributed by atoms with Crippen LogP contribution >= 0.6 is 27.5 Å². The third-order valence-electron chi connectivity index (χ3n) is 2.29. The van der Waals surface area contributed by atoms with Crippen LogP contribution in [0.3, 0.4) is 0 Å². The largest absolute Gasteiger partial charge is 0.352 e. The van der Waals surface area contributed by atoms with E-state index >= 15 is 0 Å². The summed E-state index contributed by atoms with van der Waals surface area (Å²) in [4.78, 5) is 11.7. The number of alkyl halides is 1. The van der Waals surface area contributed by atoms with Gasteiger partial charge in [-0.15, -0.1) is 0 Å². The second kappa shape index (κ2) is 7.67. The molecule has 17 heavy (non-hydrogen) atoms. The number of nitrogens with one attached hydrogen (secondary N) is 1. The Kier molecular flexibility index (Phi) is 6.52. The maximum atomic E-state index is 13.4. The molecule has 0 radical (unpaired) electrons. The zero-order valence-electron chi connectivity index (χ0n) is 9.31. The topological polar surface area (TPSA) is 29.1 Å². The van der Waals surface area contributed by atoms with Gasteiger partial charge in [0, 0.05) is 11.9 Å². The standard InChI is InChI=1S/C12H14BrClFNO/c13-7-2-1-3-8-16-12(17)11-9(14)5-4-6-10(11)15/h4-6H,1-3,7-8H2,(H,16,17). The van der Waals surface area contributed by atoms with Crippen molar-refractivity contribution in [2.24, 2.45) is 0 Å². The van der Waals surface area contributed by atoms with Crippen LogP contribution in [0.1, 0.15) is 29.6 Å². The van der Waals surface area contributed by atoms with E-state index in [1.807, 2.05) is 0 Å². The Hall–Kier alpha value is -0.610. The third-order valence-corrected chi connectivity index (χ3v) is 3.16. The lowest BCUT2D eigenvalue weighted by molar-refractivity contribution is 0.0949. The molecular formula is C12H14BrClFNO. The smallest absolute Gasteiger partial charge is 0.255 e. The van der Waals surface area contributed by atoms with E-state index in [-0.39, 0.29) is 10.6 Å². The highest BCUT2D eigenvalue weighted by molar-refractivity contribution is 9.09. The third kappa shape index (κ3) is 4.64. The van der Waals surface area contributed by atoms with Gasteiger partial charge in [0.2, 0.25) is 0 Å². The van der Waals surface area contributed by atoms with Crippen molar-refractivity contribution in [3.8, 4) is 0 Å². The molecule has 0 bridgehead atoms. The summed E-state index contributed by atoms with van der Waals surface area (Å²) in [5.74, 6) is -1.04. The van der Waals surface area contributed by atoms with Crippen LogP contribution < -0.4 is 5.32 Å². The number of hydrogen-bond donors (Lipinski definition) is 1. The first-order chi connectivity index (χ1) is 8.16. The van der Waals surface area contributed by atoms with Crippen LogP contribution in [0.25, 0.3) is 0 Å². The van der Waals surface area contributed by atoms with Crippen molar-refractivity contribution >= 4 is 33.4 Å². The zero-order chi connectivity index (χ0) is 12.7. The fourth-order valence-electron chi connectivity index (χ4n) is 1.40. The average molecular weight is 323 g/mol. The van der Waals surface area contributed by atoms with Crippen LogP contribution in [0.5, 0.6) is 0 Å². The lowest BCUT2D eigenvalue weighted by atomic mass is 10.2. The molecule has 0 aliphatic rings. The molecule has 0 aromatic heterocycles. The van der Waals surface area contributed by atoms with Gasteiger partial charge in [0.25, 0.3) is 5.91 Å². The van der Waals surface area contributed by atoms with Crippen molar-refractivity contribution in [3.05, 3.63) is 34.6 Å². The van der Waals surface area contributed by atoms with Gasteiger partial charge in [-0.05, 0) is 25.0 Å². The summed E-state index contributed by atoms with van der Waals surface area (Å²) in [6.07, 6.45) is 2.97. The first-order valence-electron chi connectivity index (χ1n) is 5.45. The van der Waals surface area contributed by atoms with E-state index in [2.05, 4.69) is 21.2 Å². The Morgan fingerprint density at radius 2 is 2.12 bits per heavy atom. The molecular weight excluding hydrogens is 308 g/mol. The molecule has 5 heteroatoms. The van der Waals surface area contributed by atoms with Crippen molar-refractivity contribution in [2.75, 3.05) is 11.9 Å². The van der Waals surface area contributed by atoms with Crippen LogP contribution in [0.4, 0.5) is 4.39 Å². The van der Waals surface area contributed by atoms with Gasteiger partial charge in [-0.25, -0.2) is 4.39 Å². The molecule has 2 nitrogen and oxygen atoms in total. The van der Waals surface area contributed by atoms with Crippen LogP contribution in [0, 0.1) is 5.82 Å². The van der Waals surface area contributed by atoms with Crippen LogP contribution in [-0.4, -0.2) is 17.8 Å². The number of carbonyl (C=O) groups excluding carboxylic acids is 1. The first kappa shape index (κ1) is 14.5.